The lowest BCUT2D eigenvalue weighted by Crippen LogP contribution is -2.24. The van der Waals surface area contributed by atoms with Crippen LogP contribution < -0.4 is 10.2 Å². The van der Waals surface area contributed by atoms with Crippen molar-refractivity contribution in [1.29, 1.82) is 0 Å². The lowest BCUT2D eigenvalue weighted by Gasteiger charge is -2.19. The number of hydrogen-bond donors (Lipinski definition) is 2. The first-order chi connectivity index (χ1) is 7.66. The van der Waals surface area contributed by atoms with Gasteiger partial charge in [-0.3, -0.25) is 0 Å². The van der Waals surface area contributed by atoms with Crippen LogP contribution in [-0.4, -0.2) is 43.2 Å². The van der Waals surface area contributed by atoms with Gasteiger partial charge in [0.2, 0.25) is 0 Å². The Morgan fingerprint density at radius 3 is 3.00 bits per heavy atom. The molecule has 0 amide bonds. The average molecular weight is 223 g/mol. The van der Waals surface area contributed by atoms with E-state index >= 15 is 0 Å². The van der Waals surface area contributed by atoms with Crippen LogP contribution in [0.1, 0.15) is 16.8 Å². The number of carbonyl (C=O) groups is 1. The first-order valence-electron chi connectivity index (χ1n) is 5.21. The zero-order valence-corrected chi connectivity index (χ0v) is 9.60. The van der Waals surface area contributed by atoms with Crippen molar-refractivity contribution < 1.29 is 9.90 Å². The molecule has 0 spiro atoms. The molecular formula is C11H17N3O2. The van der Waals surface area contributed by atoms with Crippen molar-refractivity contribution in [2.45, 2.75) is 6.42 Å². The van der Waals surface area contributed by atoms with Crippen molar-refractivity contribution in [2.24, 2.45) is 0 Å². The molecule has 0 aliphatic carbocycles. The van der Waals surface area contributed by atoms with Gasteiger partial charge in [-0.05, 0) is 32.1 Å². The summed E-state index contributed by atoms with van der Waals surface area (Å²) in [6.45, 7) is 1.68. The quantitative estimate of drug-likeness (QED) is 0.699. The number of aromatic carboxylic acids is 1. The average Bonchev–Trinajstić information content (AvgIpc) is 2.29. The summed E-state index contributed by atoms with van der Waals surface area (Å²) < 4.78 is 0. The van der Waals surface area contributed by atoms with Crippen molar-refractivity contribution in [3.8, 4) is 0 Å². The fraction of sp³-hybridized carbons (Fsp3) is 0.455. The molecule has 1 rings (SSSR count). The minimum absolute atomic E-state index is 0.245. The molecule has 5 heteroatoms. The second kappa shape index (κ2) is 6.07. The van der Waals surface area contributed by atoms with Crippen LogP contribution in [0.25, 0.3) is 0 Å². The van der Waals surface area contributed by atoms with Gasteiger partial charge < -0.3 is 15.3 Å². The molecule has 0 unspecified atom stereocenters. The van der Waals surface area contributed by atoms with Crippen LogP contribution >= 0.6 is 0 Å². The van der Waals surface area contributed by atoms with Crippen LogP contribution in [-0.2, 0) is 0 Å². The number of aromatic nitrogens is 1. The van der Waals surface area contributed by atoms with Gasteiger partial charge in [-0.2, -0.15) is 0 Å². The third-order valence-corrected chi connectivity index (χ3v) is 2.30. The van der Waals surface area contributed by atoms with Gasteiger partial charge in [-0.15, -0.1) is 0 Å². The monoisotopic (exact) mass is 223 g/mol. The molecule has 0 saturated carbocycles. The third kappa shape index (κ3) is 3.20. The number of pyridine rings is 1. The van der Waals surface area contributed by atoms with Crippen LogP contribution in [0.5, 0.6) is 0 Å². The molecule has 0 bridgehead atoms. The maximum Gasteiger partial charge on any atom is 0.339 e. The van der Waals surface area contributed by atoms with E-state index in [1.165, 1.54) is 0 Å². The van der Waals surface area contributed by atoms with E-state index < -0.39 is 5.97 Å². The first-order valence-corrected chi connectivity index (χ1v) is 5.21. The Labute approximate surface area is 95.1 Å². The Kier molecular flexibility index (Phi) is 4.72. The van der Waals surface area contributed by atoms with Gasteiger partial charge in [-0.1, -0.05) is 0 Å². The van der Waals surface area contributed by atoms with E-state index in [-0.39, 0.29) is 5.56 Å². The van der Waals surface area contributed by atoms with Crippen LogP contribution in [0.2, 0.25) is 0 Å². The molecule has 88 valence electrons. The number of rotatable bonds is 6. The van der Waals surface area contributed by atoms with Crippen LogP contribution in [0.15, 0.2) is 18.3 Å². The fourth-order valence-corrected chi connectivity index (χ4v) is 1.47. The number of nitrogens with zero attached hydrogens (tertiary/aromatic N) is 2. The summed E-state index contributed by atoms with van der Waals surface area (Å²) in [7, 11) is 3.74. The van der Waals surface area contributed by atoms with Gasteiger partial charge >= 0.3 is 5.97 Å². The standard InChI is InChI=1S/C11H17N3O2/c1-12-6-4-8-14(2)10-9(11(15)16)5-3-7-13-10/h3,5,7,12H,4,6,8H2,1-2H3,(H,15,16). The number of carboxylic acid groups (broad SMARTS) is 1. The Bertz CT molecular complexity index is 355. The molecule has 0 aliphatic heterocycles. The molecule has 0 atom stereocenters. The van der Waals surface area contributed by atoms with Crippen LogP contribution in [0, 0.1) is 0 Å². The normalized spacial score (nSPS) is 10.1. The minimum Gasteiger partial charge on any atom is -0.478 e. The Balaban J connectivity index is 2.74. The van der Waals surface area contributed by atoms with E-state index in [2.05, 4.69) is 10.3 Å². The topological polar surface area (TPSA) is 65.5 Å². The highest BCUT2D eigenvalue weighted by Crippen LogP contribution is 2.15. The summed E-state index contributed by atoms with van der Waals surface area (Å²) in [6.07, 6.45) is 2.55. The van der Waals surface area contributed by atoms with E-state index in [1.54, 1.807) is 18.3 Å². The summed E-state index contributed by atoms with van der Waals surface area (Å²) in [5.41, 5.74) is 0.245. The van der Waals surface area contributed by atoms with E-state index in [4.69, 9.17) is 5.11 Å². The number of anilines is 1. The second-order valence-corrected chi connectivity index (χ2v) is 3.56. The van der Waals surface area contributed by atoms with Crippen LogP contribution in [0.4, 0.5) is 5.82 Å². The molecule has 0 aromatic carbocycles. The SMILES string of the molecule is CNCCCN(C)c1ncccc1C(=O)O. The maximum atomic E-state index is 11.0. The highest BCUT2D eigenvalue weighted by molar-refractivity contribution is 5.93. The number of nitrogens with one attached hydrogen (secondary N) is 1. The smallest absolute Gasteiger partial charge is 0.339 e. The number of carboxylic acids is 1. The summed E-state index contributed by atoms with van der Waals surface area (Å²) in [4.78, 5) is 16.9. The van der Waals surface area contributed by atoms with Crippen molar-refractivity contribution in [3.63, 3.8) is 0 Å². The predicted octanol–water partition coefficient (Wildman–Crippen LogP) is 0.825. The zero-order valence-electron chi connectivity index (χ0n) is 9.60. The molecule has 0 saturated heterocycles. The highest BCUT2D eigenvalue weighted by atomic mass is 16.4. The molecule has 0 radical (unpaired) electrons. The highest BCUT2D eigenvalue weighted by Gasteiger charge is 2.13. The third-order valence-electron chi connectivity index (χ3n) is 2.30. The Morgan fingerprint density at radius 1 is 1.62 bits per heavy atom. The second-order valence-electron chi connectivity index (χ2n) is 3.56. The summed E-state index contributed by atoms with van der Waals surface area (Å²) >= 11 is 0. The van der Waals surface area contributed by atoms with Crippen molar-refractivity contribution in [2.75, 3.05) is 32.1 Å². The summed E-state index contributed by atoms with van der Waals surface area (Å²) in [6, 6.07) is 3.20. The molecule has 2 N–H and O–H groups in total. The molecule has 5 nitrogen and oxygen atoms in total. The Morgan fingerprint density at radius 2 is 2.38 bits per heavy atom. The fourth-order valence-electron chi connectivity index (χ4n) is 1.47. The predicted molar refractivity (Wildman–Crippen MR) is 63.0 cm³/mol. The van der Waals surface area contributed by atoms with Gasteiger partial charge in [-0.25, -0.2) is 9.78 Å². The molecule has 1 heterocycles. The molecule has 0 aliphatic rings. The van der Waals surface area contributed by atoms with Gasteiger partial charge in [0.15, 0.2) is 0 Å². The van der Waals surface area contributed by atoms with E-state index in [0.29, 0.717) is 5.82 Å². The van der Waals surface area contributed by atoms with E-state index in [0.717, 1.165) is 19.5 Å². The van der Waals surface area contributed by atoms with Crippen LogP contribution in [0.3, 0.4) is 0 Å². The van der Waals surface area contributed by atoms with Gasteiger partial charge in [0.1, 0.15) is 11.4 Å². The zero-order chi connectivity index (χ0) is 12.0. The van der Waals surface area contributed by atoms with Gasteiger partial charge in [0.05, 0.1) is 0 Å². The lowest BCUT2D eigenvalue weighted by atomic mass is 10.2. The van der Waals surface area contributed by atoms with Crippen molar-refractivity contribution >= 4 is 11.8 Å². The molecule has 1 aromatic rings. The van der Waals surface area contributed by atoms with E-state index in [1.807, 2.05) is 19.0 Å². The first kappa shape index (κ1) is 12.4. The van der Waals surface area contributed by atoms with E-state index in [9.17, 15) is 4.79 Å². The largest absolute Gasteiger partial charge is 0.478 e. The van der Waals surface area contributed by atoms with Gasteiger partial charge in [0, 0.05) is 19.8 Å². The Hall–Kier alpha value is -1.62. The molecule has 1 aromatic heterocycles. The summed E-state index contributed by atoms with van der Waals surface area (Å²) in [5.74, 6) is -0.422. The molecule has 0 fully saturated rings. The van der Waals surface area contributed by atoms with Gasteiger partial charge in [0.25, 0.3) is 0 Å². The minimum atomic E-state index is -0.941. The molecular weight excluding hydrogens is 206 g/mol. The maximum absolute atomic E-state index is 11.0. The summed E-state index contributed by atoms with van der Waals surface area (Å²) in [5, 5.41) is 12.1. The lowest BCUT2D eigenvalue weighted by molar-refractivity contribution is 0.0697. The number of hydrogen-bond acceptors (Lipinski definition) is 4. The van der Waals surface area contributed by atoms with Crippen molar-refractivity contribution in [3.05, 3.63) is 23.9 Å². The van der Waals surface area contributed by atoms with Crippen molar-refractivity contribution in [1.82, 2.24) is 10.3 Å². The molecule has 16 heavy (non-hydrogen) atoms.